The van der Waals surface area contributed by atoms with E-state index in [4.69, 9.17) is 14.2 Å². The number of nitrogens with zero attached hydrogens (tertiary/aromatic N) is 1. The largest absolute Gasteiger partial charge is 0.449 e. The smallest absolute Gasteiger partial charge is 0.407 e. The third kappa shape index (κ3) is 40.6. The molecule has 6 atom stereocenters. The van der Waals surface area contributed by atoms with Crippen LogP contribution in [0.1, 0.15) is 376 Å². The van der Waals surface area contributed by atoms with Crippen molar-refractivity contribution in [3.05, 3.63) is 21.6 Å². The van der Waals surface area contributed by atoms with Crippen LogP contribution in [0.25, 0.3) is 0 Å². The number of aromatic amines is 1. The van der Waals surface area contributed by atoms with Crippen LogP contribution in [0, 0.1) is 40.4 Å². The van der Waals surface area contributed by atoms with Crippen LogP contribution in [0.4, 0.5) is 25.1 Å². The Bertz CT molecular complexity index is 2220. The monoisotopic (exact) mass is 1320 g/mol. The molecule has 0 bridgehead atoms. The molecule has 5 amide bonds. The highest BCUT2D eigenvalue weighted by Gasteiger charge is 2.44. The minimum absolute atomic E-state index is 0.0234. The number of rotatable bonds is 54. The maximum atomic E-state index is 13.5. The van der Waals surface area contributed by atoms with Gasteiger partial charge in [-0.2, -0.15) is 0 Å². The summed E-state index contributed by atoms with van der Waals surface area (Å²) >= 11 is 0. The number of aryl methyl sites for hydroxylation is 1. The van der Waals surface area contributed by atoms with Gasteiger partial charge in [0.15, 0.2) is 0 Å². The molecule has 0 aliphatic heterocycles. The van der Waals surface area contributed by atoms with Gasteiger partial charge in [0.25, 0.3) is 5.56 Å². The van der Waals surface area contributed by atoms with E-state index in [1.807, 2.05) is 0 Å². The predicted molar refractivity (Wildman–Crippen MR) is 392 cm³/mol. The van der Waals surface area contributed by atoms with Gasteiger partial charge in [0.2, 0.25) is 5.95 Å². The van der Waals surface area contributed by atoms with E-state index >= 15 is 0 Å². The molecule has 3 rings (SSSR count). The summed E-state index contributed by atoms with van der Waals surface area (Å²) in [5.41, 5.74) is -0.428. The molecule has 546 valence electrons. The van der Waals surface area contributed by atoms with Gasteiger partial charge in [-0.1, -0.05) is 300 Å². The number of unbranched alkanes of at least 4 members (excludes halogenated alkanes) is 32. The van der Waals surface area contributed by atoms with Crippen LogP contribution in [-0.2, 0) is 20.6 Å². The number of amides is 5. The summed E-state index contributed by atoms with van der Waals surface area (Å²) in [6, 6.07) is -0.694. The number of urea groups is 1. The molecule has 15 heteroatoms. The molecule has 0 aromatic carbocycles. The lowest BCUT2D eigenvalue weighted by atomic mass is 9.62. The first kappa shape index (κ1) is 84.2. The van der Waals surface area contributed by atoms with Crippen molar-refractivity contribution in [3.8, 4) is 0 Å². The summed E-state index contributed by atoms with van der Waals surface area (Å²) < 4.78 is 17.7. The van der Waals surface area contributed by atoms with E-state index < -0.39 is 17.7 Å². The molecule has 1 heterocycles. The number of ether oxygens (including phenoxy) is 3. The van der Waals surface area contributed by atoms with Gasteiger partial charge in [-0.25, -0.2) is 24.2 Å². The van der Waals surface area contributed by atoms with E-state index in [9.17, 15) is 24.0 Å². The highest BCUT2D eigenvalue weighted by molar-refractivity contribution is 5.87. The van der Waals surface area contributed by atoms with Crippen LogP contribution in [0.5, 0.6) is 0 Å². The van der Waals surface area contributed by atoms with Gasteiger partial charge in [-0.05, 0) is 105 Å². The number of carbonyl (C=O) groups is 4. The van der Waals surface area contributed by atoms with Gasteiger partial charge in [0.1, 0.15) is 0 Å². The molecule has 2 saturated carbocycles. The van der Waals surface area contributed by atoms with Gasteiger partial charge in [-0.3, -0.25) is 15.1 Å². The Kier molecular flexibility index (Phi) is 44.3. The van der Waals surface area contributed by atoms with Gasteiger partial charge >= 0.3 is 24.3 Å². The molecule has 2 fully saturated rings. The molecule has 0 spiro atoms. The summed E-state index contributed by atoms with van der Waals surface area (Å²) in [6.45, 7) is 25.6. The molecular formula is C79H147N7O8. The number of hydrogen-bond acceptors (Lipinski definition) is 9. The summed E-state index contributed by atoms with van der Waals surface area (Å²) in [6.07, 6.45) is 54.9. The molecule has 0 saturated heterocycles. The van der Waals surface area contributed by atoms with Gasteiger partial charge < -0.3 is 35.5 Å². The lowest BCUT2D eigenvalue weighted by Crippen LogP contribution is -2.51. The summed E-state index contributed by atoms with van der Waals surface area (Å²) in [4.78, 5) is 74.2. The third-order valence-corrected chi connectivity index (χ3v) is 20.7. The minimum Gasteiger partial charge on any atom is -0.449 e. The Morgan fingerprint density at radius 2 is 0.787 bits per heavy atom. The van der Waals surface area contributed by atoms with E-state index in [-0.39, 0.29) is 64.9 Å². The zero-order chi connectivity index (χ0) is 68.8. The number of H-pyrrole nitrogens is 1. The van der Waals surface area contributed by atoms with Crippen molar-refractivity contribution >= 4 is 30.3 Å². The number of hydrogen-bond donors (Lipinski definition) is 6. The molecule has 5 unspecified atom stereocenters. The SMILES string of the molecule is CCCCCCCCCCCCC(CCCCCCCCCC)COC(=O)NC1CC(C)(C)CC(C)(CNC(=O)Nc2nc(C)c(CCOC(=O)NC[C@@]3(C)CC(NC(=O)OCC(CCCCCCCCCC)CCCCCCCCCCCC)CC(C)(C)C3)c(=O)[nH]2)C1. The standard InChI is InChI=1S/C79H147N7O8/c1-12-16-20-24-28-32-34-38-42-46-50-65(48-44-40-36-30-26-22-18-14-3)58-93-74(90)83-67-54-76(6,7)60-78(10,56-67)62-80-72(88)86-71-82-64(5)69(70(87)85-71)52-53-92-73(89)81-63-79(11)57-68(55-77(8,9)61-79)84-75(91)94-59-66(49-45-41-37-31-27-23-19-15-4)51-47-43-39-35-33-29-25-21-17-13-2/h65-68H,12-63H2,1-11H3,(H,81,89)(H,83,90)(H,84,91)(H3,80,82,85,86,87,88)/t65?,66?,67?,68?,78?,79-/m0/s1. The molecular weight excluding hydrogens is 1170 g/mol. The molecule has 2 aliphatic carbocycles. The van der Waals surface area contributed by atoms with E-state index in [1.165, 1.54) is 231 Å². The molecule has 15 nitrogen and oxygen atoms in total. The van der Waals surface area contributed by atoms with E-state index in [0.717, 1.165) is 51.4 Å². The maximum absolute atomic E-state index is 13.5. The molecule has 1 aromatic heterocycles. The average molecular weight is 1320 g/mol. The quantitative estimate of drug-likeness (QED) is 0.0271. The predicted octanol–water partition coefficient (Wildman–Crippen LogP) is 22.0. The third-order valence-electron chi connectivity index (χ3n) is 20.7. The Hall–Kier alpha value is -4.04. The van der Waals surface area contributed by atoms with Crippen LogP contribution in [0.3, 0.4) is 0 Å². The fraction of sp³-hybridized carbons (Fsp3) is 0.899. The van der Waals surface area contributed by atoms with Crippen molar-refractivity contribution in [2.45, 2.75) is 390 Å². The van der Waals surface area contributed by atoms with Gasteiger partial charge in [0.05, 0.1) is 25.5 Å². The van der Waals surface area contributed by atoms with Crippen molar-refractivity contribution < 1.29 is 33.4 Å². The van der Waals surface area contributed by atoms with Crippen molar-refractivity contribution in [2.24, 2.45) is 33.5 Å². The van der Waals surface area contributed by atoms with Gasteiger partial charge in [-0.15, -0.1) is 0 Å². The average Bonchev–Trinajstić information content (AvgIpc) is 0.815. The van der Waals surface area contributed by atoms with Crippen LogP contribution in [-0.4, -0.2) is 79.3 Å². The number of anilines is 1. The first-order valence-corrected chi connectivity index (χ1v) is 39.5. The zero-order valence-corrected chi connectivity index (χ0v) is 62.8. The maximum Gasteiger partial charge on any atom is 0.407 e. The topological polar surface area (TPSA) is 202 Å². The Balaban J connectivity index is 1.44. The summed E-state index contributed by atoms with van der Waals surface area (Å²) in [5.74, 6) is 0.783. The first-order valence-electron chi connectivity index (χ1n) is 39.5. The van der Waals surface area contributed by atoms with Gasteiger partial charge in [0, 0.05) is 37.2 Å². The Morgan fingerprint density at radius 1 is 0.457 bits per heavy atom. The molecule has 1 aromatic rings. The molecule has 6 N–H and O–H groups in total. The molecule has 2 aliphatic rings. The highest BCUT2D eigenvalue weighted by atomic mass is 16.6. The number of aromatic nitrogens is 2. The second-order valence-electron chi connectivity index (χ2n) is 32.2. The summed E-state index contributed by atoms with van der Waals surface area (Å²) in [5, 5.41) is 15.2. The Morgan fingerprint density at radius 3 is 1.13 bits per heavy atom. The molecule has 94 heavy (non-hydrogen) atoms. The second kappa shape index (κ2) is 49.5. The normalized spacial score (nSPS) is 19.8. The van der Waals surface area contributed by atoms with Crippen molar-refractivity contribution in [3.63, 3.8) is 0 Å². The lowest BCUT2D eigenvalue weighted by molar-refractivity contribution is 0.0596. The highest BCUT2D eigenvalue weighted by Crippen LogP contribution is 2.47. The number of carbonyl (C=O) groups excluding carboxylic acids is 4. The fourth-order valence-electron chi connectivity index (χ4n) is 16.1. The van der Waals surface area contributed by atoms with Crippen molar-refractivity contribution in [1.82, 2.24) is 31.2 Å². The van der Waals surface area contributed by atoms with E-state index in [0.29, 0.717) is 62.2 Å². The van der Waals surface area contributed by atoms with Crippen LogP contribution in [0.15, 0.2) is 4.79 Å². The number of nitrogens with one attached hydrogen (secondary N) is 6. The second-order valence-corrected chi connectivity index (χ2v) is 32.2. The zero-order valence-electron chi connectivity index (χ0n) is 62.8. The summed E-state index contributed by atoms with van der Waals surface area (Å²) in [7, 11) is 0. The van der Waals surface area contributed by atoms with Crippen LogP contribution in [0.2, 0.25) is 0 Å². The van der Waals surface area contributed by atoms with Crippen LogP contribution >= 0.6 is 0 Å². The fourth-order valence-corrected chi connectivity index (χ4v) is 16.1. The van der Waals surface area contributed by atoms with Crippen molar-refractivity contribution in [1.29, 1.82) is 0 Å². The van der Waals surface area contributed by atoms with E-state index in [1.54, 1.807) is 6.92 Å². The lowest BCUT2D eigenvalue weighted by Gasteiger charge is -2.46. The number of alkyl carbamates (subject to hydrolysis) is 3. The first-order chi connectivity index (χ1) is 45.1. The minimum atomic E-state index is -0.574. The van der Waals surface area contributed by atoms with Crippen LogP contribution < -0.4 is 32.1 Å². The van der Waals surface area contributed by atoms with Crippen molar-refractivity contribution in [2.75, 3.05) is 38.2 Å². The molecule has 0 radical (unpaired) electrons. The Labute approximate surface area is 575 Å². The van der Waals surface area contributed by atoms with E-state index in [2.05, 4.69) is 106 Å².